The normalized spacial score (nSPS) is 11.3. The smallest absolute Gasteiger partial charge is 0.257 e. The lowest BCUT2D eigenvalue weighted by molar-refractivity contribution is 0.0937. The van der Waals surface area contributed by atoms with Crippen LogP contribution in [0.2, 0.25) is 0 Å². The Labute approximate surface area is 187 Å². The van der Waals surface area contributed by atoms with Crippen LogP contribution in [0.25, 0.3) is 11.1 Å². The molecule has 1 unspecified atom stereocenters. The van der Waals surface area contributed by atoms with Crippen molar-refractivity contribution in [2.75, 3.05) is 5.32 Å². The Morgan fingerprint density at radius 3 is 2.19 bits per heavy atom. The predicted octanol–water partition coefficient (Wildman–Crippen LogP) is 5.01. The third-order valence-electron chi connectivity index (χ3n) is 4.85. The van der Waals surface area contributed by atoms with Gasteiger partial charge in [0.05, 0.1) is 0 Å². The zero-order valence-electron chi connectivity index (χ0n) is 17.5. The summed E-state index contributed by atoms with van der Waals surface area (Å²) in [5, 5.41) is 8.73. The van der Waals surface area contributed by atoms with Gasteiger partial charge in [0.2, 0.25) is 0 Å². The van der Waals surface area contributed by atoms with Gasteiger partial charge in [-0.1, -0.05) is 55.5 Å². The van der Waals surface area contributed by atoms with Gasteiger partial charge in [0.1, 0.15) is 0 Å². The first-order chi connectivity index (χ1) is 15.0. The molecule has 31 heavy (non-hydrogen) atoms. The second-order valence-electron chi connectivity index (χ2n) is 7.22. The topological polar surface area (TPSA) is 70.2 Å². The van der Waals surface area contributed by atoms with Crippen molar-refractivity contribution in [3.63, 3.8) is 0 Å². The van der Waals surface area contributed by atoms with Crippen LogP contribution in [-0.2, 0) is 0 Å². The van der Waals surface area contributed by atoms with Gasteiger partial charge < -0.3 is 10.6 Å². The average Bonchev–Trinajstić information content (AvgIpc) is 2.79. The fraction of sp³-hybridized carbons (Fsp3) is 0.160. The predicted molar refractivity (Wildman–Crippen MR) is 129 cm³/mol. The molecule has 2 amide bonds. The van der Waals surface area contributed by atoms with E-state index in [4.69, 9.17) is 12.2 Å². The van der Waals surface area contributed by atoms with Crippen LogP contribution >= 0.6 is 12.2 Å². The van der Waals surface area contributed by atoms with Crippen molar-refractivity contribution in [1.82, 2.24) is 10.6 Å². The largest absolute Gasteiger partial charge is 0.350 e. The van der Waals surface area contributed by atoms with E-state index in [1.54, 1.807) is 36.4 Å². The van der Waals surface area contributed by atoms with E-state index in [2.05, 4.69) is 16.0 Å². The molecule has 3 aromatic carbocycles. The van der Waals surface area contributed by atoms with Crippen LogP contribution in [0.3, 0.4) is 0 Å². The number of carbonyl (C=O) groups excluding carboxylic acids is 2. The van der Waals surface area contributed by atoms with Crippen LogP contribution in [-0.4, -0.2) is 23.0 Å². The van der Waals surface area contributed by atoms with Gasteiger partial charge in [0.15, 0.2) is 5.11 Å². The maximum absolute atomic E-state index is 12.5. The van der Waals surface area contributed by atoms with Crippen LogP contribution in [0.15, 0.2) is 78.9 Å². The van der Waals surface area contributed by atoms with Crippen LogP contribution in [0, 0.1) is 0 Å². The summed E-state index contributed by atoms with van der Waals surface area (Å²) in [4.78, 5) is 24.8. The second-order valence-corrected chi connectivity index (χ2v) is 7.62. The Kier molecular flexibility index (Phi) is 7.51. The summed E-state index contributed by atoms with van der Waals surface area (Å²) in [6.45, 7) is 3.97. The Morgan fingerprint density at radius 2 is 1.52 bits per heavy atom. The lowest BCUT2D eigenvalue weighted by Crippen LogP contribution is -2.34. The highest BCUT2D eigenvalue weighted by Gasteiger charge is 2.11. The summed E-state index contributed by atoms with van der Waals surface area (Å²) >= 11 is 5.27. The molecule has 0 aliphatic heterocycles. The van der Waals surface area contributed by atoms with Crippen molar-refractivity contribution in [2.24, 2.45) is 0 Å². The Morgan fingerprint density at radius 1 is 0.839 bits per heavy atom. The lowest BCUT2D eigenvalue weighted by Gasteiger charge is -2.13. The number of hydrogen-bond acceptors (Lipinski definition) is 3. The van der Waals surface area contributed by atoms with Crippen molar-refractivity contribution in [1.29, 1.82) is 0 Å². The van der Waals surface area contributed by atoms with E-state index in [0.29, 0.717) is 16.8 Å². The zero-order valence-corrected chi connectivity index (χ0v) is 18.3. The van der Waals surface area contributed by atoms with Crippen LogP contribution in [0.1, 0.15) is 41.0 Å². The zero-order chi connectivity index (χ0) is 22.2. The van der Waals surface area contributed by atoms with Gasteiger partial charge in [-0.05, 0) is 67.0 Å². The third-order valence-corrected chi connectivity index (χ3v) is 5.06. The number of nitrogens with one attached hydrogen (secondary N) is 3. The summed E-state index contributed by atoms with van der Waals surface area (Å²) in [6, 6.07) is 24.4. The van der Waals surface area contributed by atoms with E-state index in [0.717, 1.165) is 17.5 Å². The SMILES string of the molecule is CCC(C)NC(=O)c1cccc(NC(=S)NC(=O)c2ccc(-c3ccccc3)cc2)c1. The molecule has 0 heterocycles. The first-order valence-corrected chi connectivity index (χ1v) is 10.6. The van der Waals surface area contributed by atoms with Crippen LogP contribution < -0.4 is 16.0 Å². The molecule has 0 saturated heterocycles. The molecule has 6 heteroatoms. The fourth-order valence-corrected chi connectivity index (χ4v) is 3.14. The van der Waals surface area contributed by atoms with Gasteiger partial charge in [0, 0.05) is 22.9 Å². The molecule has 0 aliphatic rings. The maximum atomic E-state index is 12.5. The quantitative estimate of drug-likeness (QED) is 0.480. The first kappa shape index (κ1) is 22.2. The van der Waals surface area contributed by atoms with E-state index in [1.807, 2.05) is 56.3 Å². The number of benzene rings is 3. The molecule has 0 spiro atoms. The standard InChI is InChI=1S/C25H25N3O2S/c1-3-17(2)26-24(30)21-10-7-11-22(16-21)27-25(31)28-23(29)20-14-12-19(13-15-20)18-8-5-4-6-9-18/h4-17H,3H2,1-2H3,(H,26,30)(H2,27,28,29,31). The summed E-state index contributed by atoms with van der Waals surface area (Å²) in [5.41, 5.74) is 3.78. The van der Waals surface area contributed by atoms with Gasteiger partial charge >= 0.3 is 0 Å². The van der Waals surface area contributed by atoms with Gasteiger partial charge in [-0.25, -0.2) is 0 Å². The summed E-state index contributed by atoms with van der Waals surface area (Å²) in [7, 11) is 0. The highest BCUT2D eigenvalue weighted by molar-refractivity contribution is 7.80. The maximum Gasteiger partial charge on any atom is 0.257 e. The van der Waals surface area contributed by atoms with Crippen molar-refractivity contribution >= 4 is 34.8 Å². The van der Waals surface area contributed by atoms with E-state index in [9.17, 15) is 9.59 Å². The van der Waals surface area contributed by atoms with E-state index in [1.165, 1.54) is 0 Å². The Hall–Kier alpha value is -3.51. The average molecular weight is 432 g/mol. The molecule has 0 aliphatic carbocycles. The van der Waals surface area contributed by atoms with E-state index < -0.39 is 0 Å². The second kappa shape index (κ2) is 10.5. The van der Waals surface area contributed by atoms with Gasteiger partial charge in [-0.15, -0.1) is 0 Å². The summed E-state index contributed by atoms with van der Waals surface area (Å²) < 4.78 is 0. The molecular formula is C25H25N3O2S. The lowest BCUT2D eigenvalue weighted by atomic mass is 10.0. The van der Waals surface area contributed by atoms with Crippen LogP contribution in [0.5, 0.6) is 0 Å². The number of rotatable bonds is 6. The number of thiocarbonyl (C=S) groups is 1. The molecule has 1 atom stereocenters. The molecule has 5 nitrogen and oxygen atoms in total. The number of anilines is 1. The minimum absolute atomic E-state index is 0.0951. The Bertz CT molecular complexity index is 1070. The highest BCUT2D eigenvalue weighted by Crippen LogP contribution is 2.19. The van der Waals surface area contributed by atoms with Gasteiger partial charge in [0.25, 0.3) is 11.8 Å². The number of hydrogen-bond donors (Lipinski definition) is 3. The van der Waals surface area contributed by atoms with Gasteiger partial charge in [-0.2, -0.15) is 0 Å². The molecule has 3 N–H and O–H groups in total. The minimum atomic E-state index is -0.303. The molecule has 0 saturated carbocycles. The number of amides is 2. The number of carbonyl (C=O) groups is 2. The molecule has 158 valence electrons. The first-order valence-electron chi connectivity index (χ1n) is 10.1. The molecule has 3 rings (SSSR count). The monoisotopic (exact) mass is 431 g/mol. The molecule has 0 aromatic heterocycles. The summed E-state index contributed by atoms with van der Waals surface area (Å²) in [5.74, 6) is -0.450. The van der Waals surface area contributed by atoms with E-state index >= 15 is 0 Å². The molecule has 3 aromatic rings. The minimum Gasteiger partial charge on any atom is -0.350 e. The molecular weight excluding hydrogens is 406 g/mol. The van der Waals surface area contributed by atoms with Gasteiger partial charge in [-0.3, -0.25) is 14.9 Å². The molecule has 0 fully saturated rings. The molecule has 0 bridgehead atoms. The van der Waals surface area contributed by atoms with Crippen LogP contribution in [0.4, 0.5) is 5.69 Å². The highest BCUT2D eigenvalue weighted by atomic mass is 32.1. The fourth-order valence-electron chi connectivity index (χ4n) is 2.93. The van der Waals surface area contributed by atoms with E-state index in [-0.39, 0.29) is 23.0 Å². The molecule has 0 radical (unpaired) electrons. The van der Waals surface area contributed by atoms with Crippen molar-refractivity contribution in [3.05, 3.63) is 90.0 Å². The summed E-state index contributed by atoms with van der Waals surface area (Å²) in [6.07, 6.45) is 0.853. The third kappa shape index (κ3) is 6.23. The Balaban J connectivity index is 1.60. The van der Waals surface area contributed by atoms with Crippen molar-refractivity contribution < 1.29 is 9.59 Å². The van der Waals surface area contributed by atoms with Crippen molar-refractivity contribution in [3.8, 4) is 11.1 Å². The van der Waals surface area contributed by atoms with Crippen molar-refractivity contribution in [2.45, 2.75) is 26.3 Å².